The number of hydrogen-bond donors (Lipinski definition) is 1. The van der Waals surface area contributed by atoms with Gasteiger partial charge in [0.15, 0.2) is 0 Å². The van der Waals surface area contributed by atoms with Crippen LogP contribution in [0.15, 0.2) is 54.6 Å². The standard InChI is InChI=1S/C24H28N4O/c1-27(2)16-17-7-9-19(10-8-17)24(29)28-13-11-18(12-14-28)23-21(25)15-20-5-3-4-6-22(20)26-23/h3-10,15,18H,11-14,16,25H2,1-2H3. The van der Waals surface area contributed by atoms with Crippen LogP contribution in [0.2, 0.25) is 0 Å². The summed E-state index contributed by atoms with van der Waals surface area (Å²) in [6.07, 6.45) is 1.78. The van der Waals surface area contributed by atoms with Crippen LogP contribution in [0.4, 0.5) is 5.69 Å². The Bertz CT molecular complexity index is 1010. The summed E-state index contributed by atoms with van der Waals surface area (Å²) >= 11 is 0. The number of amides is 1. The molecule has 3 aromatic rings. The predicted octanol–water partition coefficient (Wildman–Crippen LogP) is 3.90. The highest BCUT2D eigenvalue weighted by Crippen LogP contribution is 2.32. The molecule has 150 valence electrons. The minimum absolute atomic E-state index is 0.110. The molecule has 2 N–H and O–H groups in total. The minimum Gasteiger partial charge on any atom is -0.397 e. The van der Waals surface area contributed by atoms with Crippen LogP contribution in [-0.2, 0) is 6.54 Å². The lowest BCUT2D eigenvalue weighted by atomic mass is 9.91. The summed E-state index contributed by atoms with van der Waals surface area (Å²) < 4.78 is 0. The van der Waals surface area contributed by atoms with Crippen LogP contribution < -0.4 is 5.73 Å². The number of fused-ring (bicyclic) bond motifs is 1. The highest BCUT2D eigenvalue weighted by atomic mass is 16.2. The average Bonchev–Trinajstić information content (AvgIpc) is 2.73. The fourth-order valence-electron chi connectivity index (χ4n) is 4.13. The molecular formula is C24H28N4O. The van der Waals surface area contributed by atoms with Crippen LogP contribution in [0.1, 0.15) is 40.4 Å². The van der Waals surface area contributed by atoms with E-state index in [0.717, 1.165) is 60.3 Å². The first kappa shape index (κ1) is 19.4. The summed E-state index contributed by atoms with van der Waals surface area (Å²) in [5, 5.41) is 1.07. The summed E-state index contributed by atoms with van der Waals surface area (Å²) in [6, 6.07) is 18.0. The number of pyridine rings is 1. The van der Waals surface area contributed by atoms with Crippen molar-refractivity contribution in [2.45, 2.75) is 25.3 Å². The van der Waals surface area contributed by atoms with Crippen LogP contribution in [0.25, 0.3) is 10.9 Å². The molecule has 1 aliphatic heterocycles. The zero-order valence-electron chi connectivity index (χ0n) is 17.1. The van der Waals surface area contributed by atoms with Crippen molar-refractivity contribution < 1.29 is 4.79 Å². The van der Waals surface area contributed by atoms with Crippen LogP contribution >= 0.6 is 0 Å². The monoisotopic (exact) mass is 388 g/mol. The van der Waals surface area contributed by atoms with E-state index in [1.54, 1.807) is 0 Å². The number of rotatable bonds is 4. The van der Waals surface area contributed by atoms with Crippen molar-refractivity contribution in [2.24, 2.45) is 0 Å². The number of carbonyl (C=O) groups is 1. The average molecular weight is 389 g/mol. The number of nitrogens with two attached hydrogens (primary N) is 1. The first-order chi connectivity index (χ1) is 14.0. The molecule has 0 spiro atoms. The molecule has 0 aliphatic carbocycles. The van der Waals surface area contributed by atoms with Gasteiger partial charge in [-0.15, -0.1) is 0 Å². The molecule has 29 heavy (non-hydrogen) atoms. The fourth-order valence-corrected chi connectivity index (χ4v) is 4.13. The number of nitrogens with zero attached hydrogens (tertiary/aromatic N) is 3. The second-order valence-corrected chi connectivity index (χ2v) is 8.16. The maximum atomic E-state index is 12.9. The molecule has 0 bridgehead atoms. The molecule has 0 saturated carbocycles. The maximum Gasteiger partial charge on any atom is 0.253 e. The van der Waals surface area contributed by atoms with E-state index < -0.39 is 0 Å². The smallest absolute Gasteiger partial charge is 0.253 e. The molecule has 1 saturated heterocycles. The van der Waals surface area contributed by atoms with Crippen molar-refractivity contribution >= 4 is 22.5 Å². The second kappa shape index (κ2) is 8.21. The Labute approximate surface area is 172 Å². The number of aromatic nitrogens is 1. The number of likely N-dealkylation sites (tertiary alicyclic amines) is 1. The zero-order chi connectivity index (χ0) is 20.4. The summed E-state index contributed by atoms with van der Waals surface area (Å²) in [5.74, 6) is 0.408. The summed E-state index contributed by atoms with van der Waals surface area (Å²) in [6.45, 7) is 2.34. The molecule has 1 aliphatic rings. The summed E-state index contributed by atoms with van der Waals surface area (Å²) in [5.41, 5.74) is 11.0. The van der Waals surface area contributed by atoms with Gasteiger partial charge in [0.25, 0.3) is 5.91 Å². The molecule has 1 amide bonds. The predicted molar refractivity (Wildman–Crippen MR) is 118 cm³/mol. The number of carbonyl (C=O) groups excluding carboxylic acids is 1. The van der Waals surface area contributed by atoms with Gasteiger partial charge in [0.2, 0.25) is 0 Å². The van der Waals surface area contributed by atoms with Gasteiger partial charge in [0.05, 0.1) is 16.9 Å². The molecule has 0 radical (unpaired) electrons. The molecule has 0 unspecified atom stereocenters. The number of piperidine rings is 1. The van der Waals surface area contributed by atoms with Crippen molar-refractivity contribution in [3.63, 3.8) is 0 Å². The van der Waals surface area contributed by atoms with Gasteiger partial charge in [-0.2, -0.15) is 0 Å². The maximum absolute atomic E-state index is 12.9. The van der Waals surface area contributed by atoms with E-state index in [-0.39, 0.29) is 5.91 Å². The lowest BCUT2D eigenvalue weighted by molar-refractivity contribution is 0.0712. The van der Waals surface area contributed by atoms with Crippen LogP contribution in [-0.4, -0.2) is 47.9 Å². The number of nitrogen functional groups attached to an aromatic ring is 1. The Balaban J connectivity index is 1.43. The quantitative estimate of drug-likeness (QED) is 0.736. The molecule has 1 fully saturated rings. The van der Waals surface area contributed by atoms with Gasteiger partial charge >= 0.3 is 0 Å². The third-order valence-corrected chi connectivity index (χ3v) is 5.65. The topological polar surface area (TPSA) is 62.5 Å². The van der Waals surface area contributed by atoms with Gasteiger partial charge in [-0.25, -0.2) is 0 Å². The van der Waals surface area contributed by atoms with Gasteiger partial charge in [-0.05, 0) is 56.8 Å². The van der Waals surface area contributed by atoms with E-state index in [4.69, 9.17) is 10.7 Å². The van der Waals surface area contributed by atoms with E-state index >= 15 is 0 Å². The van der Waals surface area contributed by atoms with E-state index in [2.05, 4.69) is 4.90 Å². The Morgan fingerprint density at radius 1 is 1.10 bits per heavy atom. The van der Waals surface area contributed by atoms with Crippen molar-refractivity contribution in [1.29, 1.82) is 0 Å². The van der Waals surface area contributed by atoms with E-state index in [0.29, 0.717) is 5.92 Å². The Morgan fingerprint density at radius 3 is 2.48 bits per heavy atom. The van der Waals surface area contributed by atoms with Crippen LogP contribution in [0.3, 0.4) is 0 Å². The summed E-state index contributed by atoms with van der Waals surface area (Å²) in [4.78, 5) is 21.8. The first-order valence-electron chi connectivity index (χ1n) is 10.2. The Kier molecular flexibility index (Phi) is 5.49. The number of anilines is 1. The number of benzene rings is 2. The SMILES string of the molecule is CN(C)Cc1ccc(C(=O)N2CCC(c3nc4ccccc4cc3N)CC2)cc1. The van der Waals surface area contributed by atoms with Gasteiger partial charge < -0.3 is 15.5 Å². The van der Waals surface area contributed by atoms with E-state index in [1.807, 2.05) is 73.6 Å². The molecule has 4 rings (SSSR count). The van der Waals surface area contributed by atoms with Crippen molar-refractivity contribution in [1.82, 2.24) is 14.8 Å². The molecular weight excluding hydrogens is 360 g/mol. The fraction of sp³-hybridized carbons (Fsp3) is 0.333. The van der Waals surface area contributed by atoms with E-state index in [9.17, 15) is 4.79 Å². The van der Waals surface area contributed by atoms with Crippen LogP contribution in [0, 0.1) is 0 Å². The molecule has 1 aromatic heterocycles. The minimum atomic E-state index is 0.110. The van der Waals surface area contributed by atoms with Crippen LogP contribution in [0.5, 0.6) is 0 Å². The molecule has 2 aromatic carbocycles. The normalized spacial score (nSPS) is 15.2. The Hall–Kier alpha value is -2.92. The largest absolute Gasteiger partial charge is 0.397 e. The molecule has 5 nitrogen and oxygen atoms in total. The molecule has 2 heterocycles. The molecule has 0 atom stereocenters. The highest BCUT2D eigenvalue weighted by Gasteiger charge is 2.26. The molecule has 5 heteroatoms. The Morgan fingerprint density at radius 2 is 1.79 bits per heavy atom. The van der Waals surface area contributed by atoms with Gasteiger partial charge in [0.1, 0.15) is 0 Å². The number of hydrogen-bond acceptors (Lipinski definition) is 4. The highest BCUT2D eigenvalue weighted by molar-refractivity contribution is 5.94. The third-order valence-electron chi connectivity index (χ3n) is 5.65. The lowest BCUT2D eigenvalue weighted by Gasteiger charge is -2.32. The summed E-state index contributed by atoms with van der Waals surface area (Å²) in [7, 11) is 4.08. The van der Waals surface area contributed by atoms with Gasteiger partial charge in [-0.3, -0.25) is 9.78 Å². The lowest BCUT2D eigenvalue weighted by Crippen LogP contribution is -2.38. The van der Waals surface area contributed by atoms with E-state index in [1.165, 1.54) is 5.56 Å². The first-order valence-corrected chi connectivity index (χ1v) is 10.2. The number of para-hydroxylation sites is 1. The van der Waals surface area contributed by atoms with Crippen molar-refractivity contribution in [3.8, 4) is 0 Å². The van der Waals surface area contributed by atoms with Gasteiger partial charge in [0, 0.05) is 36.5 Å². The third kappa shape index (κ3) is 4.25. The zero-order valence-corrected chi connectivity index (χ0v) is 17.1. The second-order valence-electron chi connectivity index (χ2n) is 8.16. The van der Waals surface area contributed by atoms with Gasteiger partial charge in [-0.1, -0.05) is 30.3 Å². The van der Waals surface area contributed by atoms with Crippen molar-refractivity contribution in [3.05, 3.63) is 71.4 Å². The van der Waals surface area contributed by atoms with Crippen molar-refractivity contribution in [2.75, 3.05) is 32.9 Å².